The molecular weight excluding hydrogens is 238 g/mol. The fourth-order valence-electron chi connectivity index (χ4n) is 2.15. The fraction of sp³-hybridized carbons (Fsp3) is 0.667. The van der Waals surface area contributed by atoms with Crippen LogP contribution >= 0.6 is 11.6 Å². The zero-order valence-electron chi connectivity index (χ0n) is 10.3. The normalized spacial score (nSPS) is 16.6. The summed E-state index contributed by atoms with van der Waals surface area (Å²) in [5, 5.41) is 3.68. The standard InChI is InChI=1S/C12H18ClN3O/c1-3-4-12(5-6-12)7-14-11-9(17-2)10(13)15-8-16-11/h8H,3-7H2,1-2H3,(H,14,15,16). The van der Waals surface area contributed by atoms with Crippen molar-refractivity contribution in [3.63, 3.8) is 0 Å². The lowest BCUT2D eigenvalue weighted by atomic mass is 10.0. The third kappa shape index (κ3) is 2.80. The predicted octanol–water partition coefficient (Wildman–Crippen LogP) is 3.13. The first-order valence-electron chi connectivity index (χ1n) is 5.99. The molecule has 1 aromatic heterocycles. The summed E-state index contributed by atoms with van der Waals surface area (Å²) < 4.78 is 5.20. The zero-order chi connectivity index (χ0) is 12.3. The molecule has 0 radical (unpaired) electrons. The van der Waals surface area contributed by atoms with Gasteiger partial charge in [0.05, 0.1) is 7.11 Å². The smallest absolute Gasteiger partial charge is 0.198 e. The minimum atomic E-state index is 0.352. The largest absolute Gasteiger partial charge is 0.490 e. The van der Waals surface area contributed by atoms with Gasteiger partial charge in [-0.3, -0.25) is 0 Å². The van der Waals surface area contributed by atoms with Crippen LogP contribution in [-0.4, -0.2) is 23.6 Å². The van der Waals surface area contributed by atoms with E-state index in [1.807, 2.05) is 0 Å². The van der Waals surface area contributed by atoms with Gasteiger partial charge in [0.15, 0.2) is 16.7 Å². The molecule has 94 valence electrons. The van der Waals surface area contributed by atoms with E-state index in [0.717, 1.165) is 6.54 Å². The molecule has 1 aliphatic carbocycles. The van der Waals surface area contributed by atoms with Crippen LogP contribution < -0.4 is 10.1 Å². The van der Waals surface area contributed by atoms with Gasteiger partial charge in [-0.2, -0.15) is 0 Å². The fourth-order valence-corrected chi connectivity index (χ4v) is 2.36. The van der Waals surface area contributed by atoms with E-state index in [2.05, 4.69) is 22.2 Å². The van der Waals surface area contributed by atoms with Gasteiger partial charge in [0.1, 0.15) is 6.33 Å². The third-order valence-corrected chi connectivity index (χ3v) is 3.60. The Morgan fingerprint density at radius 2 is 2.24 bits per heavy atom. The highest BCUT2D eigenvalue weighted by Gasteiger charge is 2.41. The molecule has 1 heterocycles. The van der Waals surface area contributed by atoms with Crippen LogP contribution in [0.25, 0.3) is 0 Å². The quantitative estimate of drug-likeness (QED) is 0.794. The van der Waals surface area contributed by atoms with Crippen LogP contribution in [0.2, 0.25) is 5.15 Å². The first-order chi connectivity index (χ1) is 8.21. The van der Waals surface area contributed by atoms with E-state index in [0.29, 0.717) is 22.1 Å². The SMILES string of the molecule is CCCC1(CNc2ncnc(Cl)c2OC)CC1. The molecule has 17 heavy (non-hydrogen) atoms. The maximum Gasteiger partial charge on any atom is 0.198 e. The van der Waals surface area contributed by atoms with Crippen LogP contribution in [0.4, 0.5) is 5.82 Å². The molecule has 1 saturated carbocycles. The summed E-state index contributed by atoms with van der Waals surface area (Å²) >= 11 is 5.94. The first kappa shape index (κ1) is 12.4. The number of rotatable bonds is 6. The zero-order valence-corrected chi connectivity index (χ0v) is 11.0. The van der Waals surface area contributed by atoms with Gasteiger partial charge < -0.3 is 10.1 Å². The second-order valence-electron chi connectivity index (χ2n) is 4.65. The maximum atomic E-state index is 5.94. The van der Waals surface area contributed by atoms with Crippen LogP contribution in [0.1, 0.15) is 32.6 Å². The minimum Gasteiger partial charge on any atom is -0.490 e. The van der Waals surface area contributed by atoms with E-state index in [-0.39, 0.29) is 0 Å². The Balaban J connectivity index is 2.02. The monoisotopic (exact) mass is 255 g/mol. The van der Waals surface area contributed by atoms with Gasteiger partial charge in [-0.25, -0.2) is 9.97 Å². The van der Waals surface area contributed by atoms with Gasteiger partial charge in [-0.05, 0) is 24.7 Å². The van der Waals surface area contributed by atoms with Crippen molar-refractivity contribution in [1.29, 1.82) is 0 Å². The van der Waals surface area contributed by atoms with Crippen LogP contribution in [0.15, 0.2) is 6.33 Å². The Morgan fingerprint density at radius 3 is 2.82 bits per heavy atom. The summed E-state index contributed by atoms with van der Waals surface area (Å²) in [4.78, 5) is 8.07. The summed E-state index contributed by atoms with van der Waals surface area (Å²) in [6.07, 6.45) is 6.54. The predicted molar refractivity (Wildman–Crippen MR) is 68.7 cm³/mol. The summed E-state index contributed by atoms with van der Waals surface area (Å²) in [6.45, 7) is 3.16. The van der Waals surface area contributed by atoms with Crippen LogP contribution in [0.5, 0.6) is 5.75 Å². The molecule has 0 unspecified atom stereocenters. The second kappa shape index (κ2) is 5.08. The number of hydrogen-bond donors (Lipinski definition) is 1. The molecule has 1 aliphatic rings. The maximum absolute atomic E-state index is 5.94. The minimum absolute atomic E-state index is 0.352. The average Bonchev–Trinajstić information content (AvgIpc) is 3.07. The number of anilines is 1. The van der Waals surface area contributed by atoms with Crippen molar-refractivity contribution in [2.24, 2.45) is 5.41 Å². The van der Waals surface area contributed by atoms with Crippen molar-refractivity contribution in [2.45, 2.75) is 32.6 Å². The first-order valence-corrected chi connectivity index (χ1v) is 6.37. The average molecular weight is 256 g/mol. The molecule has 1 N–H and O–H groups in total. The van der Waals surface area contributed by atoms with Crippen LogP contribution in [0, 0.1) is 5.41 Å². The third-order valence-electron chi connectivity index (χ3n) is 3.33. The molecule has 0 aliphatic heterocycles. The lowest BCUT2D eigenvalue weighted by Crippen LogP contribution is -2.16. The second-order valence-corrected chi connectivity index (χ2v) is 5.01. The molecule has 1 aromatic rings. The number of ether oxygens (including phenoxy) is 1. The van der Waals surface area contributed by atoms with Gasteiger partial charge in [0.25, 0.3) is 0 Å². The van der Waals surface area contributed by atoms with Crippen molar-refractivity contribution >= 4 is 17.4 Å². The van der Waals surface area contributed by atoms with Gasteiger partial charge in [-0.15, -0.1) is 0 Å². The van der Waals surface area contributed by atoms with Gasteiger partial charge in [-0.1, -0.05) is 24.9 Å². The van der Waals surface area contributed by atoms with E-state index in [1.54, 1.807) is 7.11 Å². The molecule has 0 aromatic carbocycles. The lowest BCUT2D eigenvalue weighted by molar-refractivity contribution is 0.411. The summed E-state index contributed by atoms with van der Waals surface area (Å²) in [5.74, 6) is 1.22. The van der Waals surface area contributed by atoms with E-state index in [9.17, 15) is 0 Å². The number of nitrogens with one attached hydrogen (secondary N) is 1. The van der Waals surface area contributed by atoms with Crippen molar-refractivity contribution in [3.05, 3.63) is 11.5 Å². The van der Waals surface area contributed by atoms with Gasteiger partial charge >= 0.3 is 0 Å². The summed E-state index contributed by atoms with van der Waals surface area (Å²) in [6, 6.07) is 0. The highest BCUT2D eigenvalue weighted by molar-refractivity contribution is 6.31. The number of hydrogen-bond acceptors (Lipinski definition) is 4. The molecule has 0 spiro atoms. The van der Waals surface area contributed by atoms with Crippen molar-refractivity contribution < 1.29 is 4.74 Å². The van der Waals surface area contributed by atoms with E-state index in [1.165, 1.54) is 32.0 Å². The Morgan fingerprint density at radius 1 is 1.47 bits per heavy atom. The highest BCUT2D eigenvalue weighted by Crippen LogP contribution is 2.49. The van der Waals surface area contributed by atoms with Crippen LogP contribution in [-0.2, 0) is 0 Å². The topological polar surface area (TPSA) is 47.0 Å². The van der Waals surface area contributed by atoms with Crippen molar-refractivity contribution in [2.75, 3.05) is 19.0 Å². The molecule has 0 bridgehead atoms. The molecule has 5 heteroatoms. The number of halogens is 1. The molecule has 2 rings (SSSR count). The van der Waals surface area contributed by atoms with Gasteiger partial charge in [0, 0.05) is 6.54 Å². The molecule has 0 atom stereocenters. The molecule has 0 saturated heterocycles. The Kier molecular flexibility index (Phi) is 3.72. The lowest BCUT2D eigenvalue weighted by Gasteiger charge is -2.16. The molecule has 0 amide bonds. The van der Waals surface area contributed by atoms with E-state index < -0.39 is 0 Å². The van der Waals surface area contributed by atoms with Crippen molar-refractivity contribution in [1.82, 2.24) is 9.97 Å². The van der Waals surface area contributed by atoms with E-state index >= 15 is 0 Å². The number of nitrogens with zero attached hydrogens (tertiary/aromatic N) is 2. The summed E-state index contributed by atoms with van der Waals surface area (Å²) in [5.41, 5.74) is 0.469. The highest BCUT2D eigenvalue weighted by atomic mass is 35.5. The molecule has 4 nitrogen and oxygen atoms in total. The van der Waals surface area contributed by atoms with Crippen molar-refractivity contribution in [3.8, 4) is 5.75 Å². The summed E-state index contributed by atoms with van der Waals surface area (Å²) in [7, 11) is 1.58. The Hall–Kier alpha value is -1.03. The Bertz CT molecular complexity index is 393. The van der Waals surface area contributed by atoms with Gasteiger partial charge in [0.2, 0.25) is 0 Å². The number of methoxy groups -OCH3 is 1. The Labute approximate surface area is 107 Å². The molecular formula is C12H18ClN3O. The van der Waals surface area contributed by atoms with E-state index in [4.69, 9.17) is 16.3 Å². The number of aromatic nitrogens is 2. The molecule has 1 fully saturated rings. The van der Waals surface area contributed by atoms with Crippen LogP contribution in [0.3, 0.4) is 0 Å².